The number of hydrogen-bond acceptors (Lipinski definition) is 4. The van der Waals surface area contributed by atoms with Crippen molar-refractivity contribution in [2.24, 2.45) is 0 Å². The highest BCUT2D eigenvalue weighted by Crippen LogP contribution is 2.17. The van der Waals surface area contributed by atoms with Crippen LogP contribution in [0, 0.1) is 0 Å². The molecule has 126 valence electrons. The summed E-state index contributed by atoms with van der Waals surface area (Å²) in [6, 6.07) is -0.847. The van der Waals surface area contributed by atoms with E-state index in [1.165, 1.54) is 4.90 Å². The second-order valence-electron chi connectivity index (χ2n) is 5.70. The molecule has 1 rings (SSSR count). The number of aliphatic carboxylic acids is 1. The first kappa shape index (κ1) is 18.4. The smallest absolute Gasteiger partial charge is 0.324 e. The molecular weight excluding hydrogens is 288 g/mol. The first-order chi connectivity index (χ1) is 10.5. The van der Waals surface area contributed by atoms with Crippen molar-refractivity contribution in [3.05, 3.63) is 0 Å². The van der Waals surface area contributed by atoms with Gasteiger partial charge in [-0.05, 0) is 25.7 Å². The van der Waals surface area contributed by atoms with Crippen LogP contribution >= 0.6 is 0 Å². The normalized spacial score (nSPS) is 19.4. The minimum absolute atomic E-state index is 0.170. The van der Waals surface area contributed by atoms with Gasteiger partial charge in [0.25, 0.3) is 5.91 Å². The van der Waals surface area contributed by atoms with Gasteiger partial charge >= 0.3 is 12.0 Å². The zero-order chi connectivity index (χ0) is 16.5. The van der Waals surface area contributed by atoms with Crippen molar-refractivity contribution in [3.8, 4) is 0 Å². The highest BCUT2D eigenvalue weighted by Gasteiger charge is 2.37. The predicted octanol–water partition coefficient (Wildman–Crippen LogP) is 1.49. The standard InChI is InChI=1S/C15H26N2O5/c1-2-11(18)9-10-17-12(14(21)16-15(17)22)7-5-3-4-6-8-13(19)20/h11-12,18H,2-10H2,1H3,(H,19,20)(H,16,21,22). The third kappa shape index (κ3) is 6.01. The van der Waals surface area contributed by atoms with Gasteiger partial charge in [-0.25, -0.2) is 4.79 Å². The van der Waals surface area contributed by atoms with Crippen molar-refractivity contribution in [2.75, 3.05) is 6.54 Å². The van der Waals surface area contributed by atoms with Gasteiger partial charge in [0, 0.05) is 13.0 Å². The maximum Gasteiger partial charge on any atom is 0.324 e. The maximum absolute atomic E-state index is 11.8. The Morgan fingerprint density at radius 3 is 2.59 bits per heavy atom. The van der Waals surface area contributed by atoms with Gasteiger partial charge in [0.1, 0.15) is 6.04 Å². The summed E-state index contributed by atoms with van der Waals surface area (Å²) in [5.74, 6) is -1.07. The Bertz CT molecular complexity index is 399. The van der Waals surface area contributed by atoms with Crippen LogP contribution in [-0.4, -0.2) is 51.7 Å². The minimum Gasteiger partial charge on any atom is -0.481 e. The molecule has 0 bridgehead atoms. The van der Waals surface area contributed by atoms with Gasteiger partial charge in [0.2, 0.25) is 0 Å². The number of hydrogen-bond donors (Lipinski definition) is 3. The second-order valence-corrected chi connectivity index (χ2v) is 5.70. The summed E-state index contributed by atoms with van der Waals surface area (Å²) in [5, 5.41) is 20.4. The molecule has 7 nitrogen and oxygen atoms in total. The van der Waals surface area contributed by atoms with Crippen LogP contribution in [0.1, 0.15) is 58.3 Å². The number of nitrogens with one attached hydrogen (secondary N) is 1. The number of imide groups is 1. The number of nitrogens with zero attached hydrogens (tertiary/aromatic N) is 1. The van der Waals surface area contributed by atoms with Crippen LogP contribution in [0.5, 0.6) is 0 Å². The van der Waals surface area contributed by atoms with E-state index in [9.17, 15) is 19.5 Å². The van der Waals surface area contributed by atoms with Crippen LogP contribution in [0.3, 0.4) is 0 Å². The largest absolute Gasteiger partial charge is 0.481 e. The Hall–Kier alpha value is -1.63. The van der Waals surface area contributed by atoms with E-state index in [0.29, 0.717) is 32.2 Å². The third-order valence-corrected chi connectivity index (χ3v) is 3.96. The summed E-state index contributed by atoms with van der Waals surface area (Å²) in [7, 11) is 0. The zero-order valence-corrected chi connectivity index (χ0v) is 13.1. The molecule has 0 saturated carbocycles. The molecular formula is C15H26N2O5. The summed E-state index contributed by atoms with van der Waals surface area (Å²) >= 11 is 0. The lowest BCUT2D eigenvalue weighted by Gasteiger charge is -2.22. The van der Waals surface area contributed by atoms with Crippen molar-refractivity contribution in [1.82, 2.24) is 10.2 Å². The molecule has 1 aliphatic rings. The molecule has 0 spiro atoms. The van der Waals surface area contributed by atoms with E-state index >= 15 is 0 Å². The molecule has 1 aliphatic heterocycles. The minimum atomic E-state index is -0.790. The molecule has 0 aromatic carbocycles. The van der Waals surface area contributed by atoms with E-state index in [0.717, 1.165) is 19.3 Å². The lowest BCUT2D eigenvalue weighted by molar-refractivity contribution is -0.137. The Morgan fingerprint density at radius 1 is 1.27 bits per heavy atom. The highest BCUT2D eigenvalue weighted by molar-refractivity contribution is 6.04. The second kappa shape index (κ2) is 9.40. The van der Waals surface area contributed by atoms with Crippen LogP contribution in [0.2, 0.25) is 0 Å². The van der Waals surface area contributed by atoms with Gasteiger partial charge in [0.05, 0.1) is 6.10 Å². The molecule has 7 heteroatoms. The monoisotopic (exact) mass is 314 g/mol. The first-order valence-electron chi connectivity index (χ1n) is 7.97. The molecule has 2 unspecified atom stereocenters. The van der Waals surface area contributed by atoms with Crippen LogP contribution in [0.4, 0.5) is 4.79 Å². The SMILES string of the molecule is CCC(O)CCN1C(=O)NC(=O)C1CCCCCCC(=O)O. The van der Waals surface area contributed by atoms with Gasteiger partial charge < -0.3 is 15.1 Å². The van der Waals surface area contributed by atoms with Gasteiger partial charge in [-0.3, -0.25) is 14.9 Å². The Kier molecular flexibility index (Phi) is 7.87. The van der Waals surface area contributed by atoms with E-state index in [-0.39, 0.29) is 18.4 Å². The number of carboxylic acids is 1. The van der Waals surface area contributed by atoms with Gasteiger partial charge in [0.15, 0.2) is 0 Å². The van der Waals surface area contributed by atoms with Crippen molar-refractivity contribution >= 4 is 17.9 Å². The fourth-order valence-electron chi connectivity index (χ4n) is 2.55. The highest BCUT2D eigenvalue weighted by atomic mass is 16.4. The summed E-state index contributed by atoms with van der Waals surface area (Å²) in [6.07, 6.45) is 4.44. The summed E-state index contributed by atoms with van der Waals surface area (Å²) in [6.45, 7) is 2.24. The Balaban J connectivity index is 2.33. The molecule has 3 amide bonds. The van der Waals surface area contributed by atoms with E-state index < -0.39 is 18.1 Å². The third-order valence-electron chi connectivity index (χ3n) is 3.96. The van der Waals surface area contributed by atoms with Crippen molar-refractivity contribution < 1.29 is 24.6 Å². The number of aliphatic hydroxyl groups is 1. The number of urea groups is 1. The molecule has 0 radical (unpaired) electrons. The average molecular weight is 314 g/mol. The number of aliphatic hydroxyl groups excluding tert-OH is 1. The number of carboxylic acid groups (broad SMARTS) is 1. The summed E-state index contributed by atoms with van der Waals surface area (Å²) < 4.78 is 0. The van der Waals surface area contributed by atoms with Crippen molar-refractivity contribution in [3.63, 3.8) is 0 Å². The van der Waals surface area contributed by atoms with Crippen LogP contribution in [0.25, 0.3) is 0 Å². The predicted molar refractivity (Wildman–Crippen MR) is 80.3 cm³/mol. The molecule has 0 aromatic rings. The molecule has 0 aromatic heterocycles. The fourth-order valence-corrected chi connectivity index (χ4v) is 2.55. The molecule has 3 N–H and O–H groups in total. The molecule has 2 atom stereocenters. The average Bonchev–Trinajstić information content (AvgIpc) is 2.73. The van der Waals surface area contributed by atoms with Gasteiger partial charge in [-0.15, -0.1) is 0 Å². The maximum atomic E-state index is 11.8. The number of rotatable bonds is 11. The molecule has 0 aliphatic carbocycles. The number of carbonyl (C=O) groups excluding carboxylic acids is 2. The van der Waals surface area contributed by atoms with Crippen LogP contribution < -0.4 is 5.32 Å². The molecule has 22 heavy (non-hydrogen) atoms. The first-order valence-corrected chi connectivity index (χ1v) is 7.97. The van der Waals surface area contributed by atoms with E-state index in [2.05, 4.69) is 5.32 Å². The number of carbonyl (C=O) groups is 3. The fraction of sp³-hybridized carbons (Fsp3) is 0.800. The summed E-state index contributed by atoms with van der Waals surface area (Å²) in [4.78, 5) is 35.5. The Labute approximate surface area is 130 Å². The lowest BCUT2D eigenvalue weighted by atomic mass is 10.0. The summed E-state index contributed by atoms with van der Waals surface area (Å²) in [5.41, 5.74) is 0. The van der Waals surface area contributed by atoms with Crippen molar-refractivity contribution in [2.45, 2.75) is 70.4 Å². The number of unbranched alkanes of at least 4 members (excludes halogenated alkanes) is 3. The number of amides is 3. The molecule has 1 saturated heterocycles. The Morgan fingerprint density at radius 2 is 1.95 bits per heavy atom. The quantitative estimate of drug-likeness (QED) is 0.396. The van der Waals surface area contributed by atoms with Gasteiger partial charge in [-0.2, -0.15) is 0 Å². The van der Waals surface area contributed by atoms with E-state index in [4.69, 9.17) is 5.11 Å². The lowest BCUT2D eigenvalue weighted by Crippen LogP contribution is -2.37. The van der Waals surface area contributed by atoms with Crippen LogP contribution in [-0.2, 0) is 9.59 Å². The van der Waals surface area contributed by atoms with Gasteiger partial charge in [-0.1, -0.05) is 26.2 Å². The zero-order valence-electron chi connectivity index (χ0n) is 13.1. The molecule has 1 heterocycles. The van der Waals surface area contributed by atoms with Crippen molar-refractivity contribution in [1.29, 1.82) is 0 Å². The van der Waals surface area contributed by atoms with Crippen LogP contribution in [0.15, 0.2) is 0 Å². The molecule has 1 fully saturated rings. The van der Waals surface area contributed by atoms with E-state index in [1.54, 1.807) is 0 Å². The topological polar surface area (TPSA) is 107 Å². The van der Waals surface area contributed by atoms with E-state index in [1.807, 2.05) is 6.92 Å².